The molecule has 1 aromatic carbocycles. The maximum atomic E-state index is 6.33. The van der Waals surface area contributed by atoms with Crippen LogP contribution in [0.3, 0.4) is 0 Å². The lowest BCUT2D eigenvalue weighted by molar-refractivity contribution is 0.124. The van der Waals surface area contributed by atoms with Crippen LogP contribution in [0.15, 0.2) is 22.7 Å². The Morgan fingerprint density at radius 1 is 1.44 bits per heavy atom. The Bertz CT molecular complexity index is 414. The summed E-state index contributed by atoms with van der Waals surface area (Å²) in [5.41, 5.74) is 7.29. The molecule has 0 saturated carbocycles. The highest BCUT2D eigenvalue weighted by atomic mass is 79.9. The van der Waals surface area contributed by atoms with Crippen LogP contribution in [0.25, 0.3) is 0 Å². The van der Waals surface area contributed by atoms with Crippen molar-refractivity contribution in [2.24, 2.45) is 11.7 Å². The summed E-state index contributed by atoms with van der Waals surface area (Å²) in [5.74, 6) is 0.658. The number of rotatable bonds is 2. The first-order valence-corrected chi connectivity index (χ1v) is 7.59. The molecule has 2 N–H and O–H groups in total. The van der Waals surface area contributed by atoms with Crippen molar-refractivity contribution < 1.29 is 0 Å². The number of benzene rings is 1. The predicted octanol–water partition coefficient (Wildman–Crippen LogP) is 3.83. The number of hydrogen-bond donors (Lipinski definition) is 1. The zero-order valence-corrected chi connectivity index (χ0v) is 13.2. The Labute approximate surface area is 123 Å². The topological polar surface area (TPSA) is 29.3 Å². The van der Waals surface area contributed by atoms with Gasteiger partial charge in [0, 0.05) is 34.7 Å². The molecule has 100 valence electrons. The Balaban J connectivity index is 2.17. The molecule has 1 aliphatic heterocycles. The molecule has 1 aromatic rings. The Hall–Kier alpha value is -0.0900. The van der Waals surface area contributed by atoms with Crippen LogP contribution in [-0.4, -0.2) is 24.0 Å². The molecule has 1 aliphatic rings. The summed E-state index contributed by atoms with van der Waals surface area (Å²) in [5, 5.41) is 0.823. The SMILES string of the molecule is CC1CC(N)CN(C(C)c2ccc(Br)cc2Cl)C1. The molecule has 3 atom stereocenters. The second-order valence-corrected chi connectivity index (χ2v) is 6.72. The summed E-state index contributed by atoms with van der Waals surface area (Å²) in [6.45, 7) is 6.53. The molecule has 18 heavy (non-hydrogen) atoms. The largest absolute Gasteiger partial charge is 0.327 e. The molecule has 4 heteroatoms. The van der Waals surface area contributed by atoms with Gasteiger partial charge < -0.3 is 5.73 Å². The van der Waals surface area contributed by atoms with Crippen molar-refractivity contribution in [3.8, 4) is 0 Å². The molecule has 1 saturated heterocycles. The van der Waals surface area contributed by atoms with E-state index in [4.69, 9.17) is 17.3 Å². The van der Waals surface area contributed by atoms with Crippen LogP contribution in [0, 0.1) is 5.92 Å². The number of nitrogens with two attached hydrogens (primary N) is 1. The monoisotopic (exact) mass is 330 g/mol. The van der Waals surface area contributed by atoms with Gasteiger partial charge >= 0.3 is 0 Å². The number of piperidine rings is 1. The molecule has 2 nitrogen and oxygen atoms in total. The van der Waals surface area contributed by atoms with E-state index >= 15 is 0 Å². The van der Waals surface area contributed by atoms with Gasteiger partial charge in [0.05, 0.1) is 0 Å². The van der Waals surface area contributed by atoms with Gasteiger partial charge in [0.1, 0.15) is 0 Å². The summed E-state index contributed by atoms with van der Waals surface area (Å²) < 4.78 is 1.02. The number of hydrogen-bond acceptors (Lipinski definition) is 2. The van der Waals surface area contributed by atoms with Crippen molar-refractivity contribution in [2.75, 3.05) is 13.1 Å². The molecule has 0 spiro atoms. The molecular weight excluding hydrogens is 312 g/mol. The highest BCUT2D eigenvalue weighted by molar-refractivity contribution is 9.10. The van der Waals surface area contributed by atoms with Gasteiger partial charge in [-0.15, -0.1) is 0 Å². The van der Waals surface area contributed by atoms with E-state index in [0.29, 0.717) is 12.0 Å². The van der Waals surface area contributed by atoms with Crippen LogP contribution in [-0.2, 0) is 0 Å². The molecule has 2 rings (SSSR count). The third-order valence-corrected chi connectivity index (χ3v) is 4.50. The minimum atomic E-state index is 0.283. The molecule has 0 amide bonds. The molecule has 3 unspecified atom stereocenters. The number of halogens is 2. The van der Waals surface area contributed by atoms with Crippen LogP contribution < -0.4 is 5.73 Å². The van der Waals surface area contributed by atoms with Crippen LogP contribution in [0.5, 0.6) is 0 Å². The Morgan fingerprint density at radius 3 is 2.78 bits per heavy atom. The maximum Gasteiger partial charge on any atom is 0.0464 e. The molecule has 1 heterocycles. The average Bonchev–Trinajstić information content (AvgIpc) is 2.26. The van der Waals surface area contributed by atoms with Gasteiger partial charge in [0.15, 0.2) is 0 Å². The van der Waals surface area contributed by atoms with E-state index in [0.717, 1.165) is 29.0 Å². The van der Waals surface area contributed by atoms with Crippen LogP contribution in [0.4, 0.5) is 0 Å². The van der Waals surface area contributed by atoms with Crippen LogP contribution >= 0.6 is 27.5 Å². The van der Waals surface area contributed by atoms with Crippen molar-refractivity contribution in [1.29, 1.82) is 0 Å². The fourth-order valence-corrected chi connectivity index (χ4v) is 3.63. The van der Waals surface area contributed by atoms with E-state index in [1.54, 1.807) is 0 Å². The standard InChI is InChI=1S/C14H20BrClN2/c1-9-5-12(17)8-18(7-9)10(2)13-4-3-11(15)6-14(13)16/h3-4,6,9-10,12H,5,7-8,17H2,1-2H3. The highest BCUT2D eigenvalue weighted by Gasteiger charge is 2.27. The van der Waals surface area contributed by atoms with E-state index in [9.17, 15) is 0 Å². The molecule has 0 bridgehead atoms. The van der Waals surface area contributed by atoms with Crippen molar-refractivity contribution in [2.45, 2.75) is 32.4 Å². The molecule has 1 fully saturated rings. The smallest absolute Gasteiger partial charge is 0.0464 e. The van der Waals surface area contributed by atoms with E-state index < -0.39 is 0 Å². The van der Waals surface area contributed by atoms with Crippen LogP contribution in [0.2, 0.25) is 5.02 Å². The molecular formula is C14H20BrClN2. The van der Waals surface area contributed by atoms with Gasteiger partial charge in [-0.25, -0.2) is 0 Å². The third kappa shape index (κ3) is 3.27. The van der Waals surface area contributed by atoms with E-state index in [-0.39, 0.29) is 6.04 Å². The van der Waals surface area contributed by atoms with Gasteiger partial charge in [-0.1, -0.05) is 40.5 Å². The van der Waals surface area contributed by atoms with E-state index in [1.165, 1.54) is 5.56 Å². The highest BCUT2D eigenvalue weighted by Crippen LogP contribution is 2.32. The lowest BCUT2D eigenvalue weighted by Crippen LogP contribution is -2.47. The zero-order chi connectivity index (χ0) is 13.3. The lowest BCUT2D eigenvalue weighted by atomic mass is 9.94. The first kappa shape index (κ1) is 14.3. The summed E-state index contributed by atoms with van der Waals surface area (Å²) in [6, 6.07) is 6.71. The van der Waals surface area contributed by atoms with Crippen molar-refractivity contribution in [3.05, 3.63) is 33.3 Å². The maximum absolute atomic E-state index is 6.33. The van der Waals surface area contributed by atoms with Gasteiger partial charge in [-0.3, -0.25) is 4.90 Å². The van der Waals surface area contributed by atoms with Crippen LogP contribution in [0.1, 0.15) is 31.9 Å². The summed E-state index contributed by atoms with van der Waals surface area (Å²) in [4.78, 5) is 2.44. The fourth-order valence-electron chi connectivity index (χ4n) is 2.80. The second kappa shape index (κ2) is 5.91. The summed E-state index contributed by atoms with van der Waals surface area (Å²) in [6.07, 6.45) is 1.12. The molecule has 0 aromatic heterocycles. The summed E-state index contributed by atoms with van der Waals surface area (Å²) in [7, 11) is 0. The second-order valence-electron chi connectivity index (χ2n) is 5.40. The minimum absolute atomic E-state index is 0.283. The fraction of sp³-hybridized carbons (Fsp3) is 0.571. The first-order valence-electron chi connectivity index (χ1n) is 6.42. The first-order chi connectivity index (χ1) is 8.47. The van der Waals surface area contributed by atoms with E-state index in [2.05, 4.69) is 40.7 Å². The predicted molar refractivity (Wildman–Crippen MR) is 80.9 cm³/mol. The lowest BCUT2D eigenvalue weighted by Gasteiger charge is -2.39. The molecule has 0 radical (unpaired) electrons. The summed E-state index contributed by atoms with van der Waals surface area (Å²) >= 11 is 9.77. The third-order valence-electron chi connectivity index (χ3n) is 3.68. The van der Waals surface area contributed by atoms with Gasteiger partial charge in [0.25, 0.3) is 0 Å². The minimum Gasteiger partial charge on any atom is -0.327 e. The normalized spacial score (nSPS) is 27.2. The number of nitrogens with zero attached hydrogens (tertiary/aromatic N) is 1. The van der Waals surface area contributed by atoms with Gasteiger partial charge in [0.2, 0.25) is 0 Å². The van der Waals surface area contributed by atoms with Crippen molar-refractivity contribution >= 4 is 27.5 Å². The van der Waals surface area contributed by atoms with Crippen molar-refractivity contribution in [1.82, 2.24) is 4.90 Å². The number of likely N-dealkylation sites (tertiary alicyclic amines) is 1. The van der Waals surface area contributed by atoms with E-state index in [1.807, 2.05) is 12.1 Å². The van der Waals surface area contributed by atoms with Gasteiger partial charge in [-0.2, -0.15) is 0 Å². The van der Waals surface area contributed by atoms with Crippen molar-refractivity contribution in [3.63, 3.8) is 0 Å². The average molecular weight is 332 g/mol. The van der Waals surface area contributed by atoms with Gasteiger partial charge in [-0.05, 0) is 37.0 Å². The Morgan fingerprint density at radius 2 is 2.17 bits per heavy atom. The Kier molecular flexibility index (Phi) is 4.70. The molecule has 0 aliphatic carbocycles. The quantitative estimate of drug-likeness (QED) is 0.892. The zero-order valence-electron chi connectivity index (χ0n) is 10.9.